The predicted molar refractivity (Wildman–Crippen MR) is 92.1 cm³/mol. The molecule has 0 saturated heterocycles. The summed E-state index contributed by atoms with van der Waals surface area (Å²) < 4.78 is 0. The van der Waals surface area contributed by atoms with E-state index in [1.165, 1.54) is 56.9 Å². The summed E-state index contributed by atoms with van der Waals surface area (Å²) in [6, 6.07) is 7.40. The second kappa shape index (κ2) is 11.2. The Bertz CT molecular complexity index is 414. The Morgan fingerprint density at radius 1 is 0.955 bits per heavy atom. The van der Waals surface area contributed by atoms with Crippen molar-refractivity contribution < 1.29 is 9.90 Å². The van der Waals surface area contributed by atoms with E-state index in [2.05, 4.69) is 19.1 Å². The van der Waals surface area contributed by atoms with Gasteiger partial charge >= 0.3 is 5.97 Å². The monoisotopic (exact) mass is 305 g/mol. The lowest BCUT2D eigenvalue weighted by Gasteiger charge is -2.07. The Kier molecular flexibility index (Phi) is 9.56. The standard InChI is InChI=1S/C19H31NO2/c1-2-3-4-5-6-7-8-9-10-16-11-13-17(14-12-16)15-18(20)19(21)22/h11-14,18H,2-10,15,20H2,1H3,(H,21,22)/t18-/m0/s1. The van der Waals surface area contributed by atoms with Crippen LogP contribution in [-0.2, 0) is 17.6 Å². The molecule has 0 radical (unpaired) electrons. The summed E-state index contributed by atoms with van der Waals surface area (Å²) in [6.07, 6.45) is 12.2. The zero-order chi connectivity index (χ0) is 16.2. The van der Waals surface area contributed by atoms with Crippen LogP contribution in [0.2, 0.25) is 0 Å². The average molecular weight is 305 g/mol. The Balaban J connectivity index is 2.15. The highest BCUT2D eigenvalue weighted by Crippen LogP contribution is 2.12. The number of aliphatic carboxylic acids is 1. The molecule has 0 aliphatic rings. The Morgan fingerprint density at radius 3 is 2.00 bits per heavy atom. The van der Waals surface area contributed by atoms with Crippen molar-refractivity contribution in [1.29, 1.82) is 0 Å². The van der Waals surface area contributed by atoms with Crippen molar-refractivity contribution in [2.24, 2.45) is 5.73 Å². The number of benzene rings is 1. The van der Waals surface area contributed by atoms with Crippen molar-refractivity contribution in [2.75, 3.05) is 0 Å². The molecule has 0 unspecified atom stereocenters. The van der Waals surface area contributed by atoms with Gasteiger partial charge in [0.2, 0.25) is 0 Å². The molecule has 124 valence electrons. The number of unbranched alkanes of at least 4 members (excludes halogenated alkanes) is 7. The Morgan fingerprint density at radius 2 is 1.45 bits per heavy atom. The second-order valence-corrected chi connectivity index (χ2v) is 6.19. The minimum absolute atomic E-state index is 0.396. The van der Waals surface area contributed by atoms with Crippen molar-refractivity contribution in [3.05, 3.63) is 35.4 Å². The summed E-state index contributed by atoms with van der Waals surface area (Å²) in [5.74, 6) is -0.942. The van der Waals surface area contributed by atoms with Crippen LogP contribution >= 0.6 is 0 Å². The van der Waals surface area contributed by atoms with Crippen LogP contribution in [0.3, 0.4) is 0 Å². The molecule has 3 N–H and O–H groups in total. The van der Waals surface area contributed by atoms with Crippen molar-refractivity contribution in [3.63, 3.8) is 0 Å². The molecule has 0 fully saturated rings. The van der Waals surface area contributed by atoms with E-state index in [9.17, 15) is 4.79 Å². The molecule has 1 aromatic carbocycles. The number of carboxylic acid groups (broad SMARTS) is 1. The van der Waals surface area contributed by atoms with Crippen LogP contribution in [-0.4, -0.2) is 17.1 Å². The van der Waals surface area contributed by atoms with E-state index in [0.29, 0.717) is 6.42 Å². The minimum Gasteiger partial charge on any atom is -0.480 e. The summed E-state index contributed by atoms with van der Waals surface area (Å²) in [5, 5.41) is 8.81. The van der Waals surface area contributed by atoms with Crippen molar-refractivity contribution in [1.82, 2.24) is 0 Å². The Labute approximate surface area is 134 Å². The second-order valence-electron chi connectivity index (χ2n) is 6.19. The fourth-order valence-electron chi connectivity index (χ4n) is 2.65. The molecular weight excluding hydrogens is 274 g/mol. The minimum atomic E-state index is -0.942. The fourth-order valence-corrected chi connectivity index (χ4v) is 2.65. The third-order valence-corrected chi connectivity index (χ3v) is 4.11. The van der Waals surface area contributed by atoms with Gasteiger partial charge in [-0.3, -0.25) is 4.79 Å². The van der Waals surface area contributed by atoms with E-state index in [0.717, 1.165) is 12.0 Å². The lowest BCUT2D eigenvalue weighted by atomic mass is 10.0. The molecule has 0 spiro atoms. The highest BCUT2D eigenvalue weighted by Gasteiger charge is 2.11. The van der Waals surface area contributed by atoms with Crippen LogP contribution in [0.1, 0.15) is 69.4 Å². The van der Waals surface area contributed by atoms with Crippen LogP contribution < -0.4 is 5.73 Å². The summed E-state index contributed by atoms with van der Waals surface area (Å²) >= 11 is 0. The average Bonchev–Trinajstić information content (AvgIpc) is 2.51. The molecule has 0 aliphatic carbocycles. The number of aryl methyl sites for hydroxylation is 1. The van der Waals surface area contributed by atoms with Crippen LogP contribution in [0.25, 0.3) is 0 Å². The van der Waals surface area contributed by atoms with Crippen LogP contribution in [0.15, 0.2) is 24.3 Å². The van der Waals surface area contributed by atoms with Gasteiger partial charge in [-0.05, 0) is 30.4 Å². The zero-order valence-corrected chi connectivity index (χ0v) is 13.9. The molecule has 3 nitrogen and oxygen atoms in total. The van der Waals surface area contributed by atoms with E-state index in [-0.39, 0.29) is 0 Å². The van der Waals surface area contributed by atoms with Crippen molar-refractivity contribution in [2.45, 2.75) is 77.2 Å². The first-order chi connectivity index (χ1) is 10.6. The van der Waals surface area contributed by atoms with Gasteiger partial charge in [0.1, 0.15) is 6.04 Å². The topological polar surface area (TPSA) is 63.3 Å². The van der Waals surface area contributed by atoms with E-state index < -0.39 is 12.0 Å². The van der Waals surface area contributed by atoms with Gasteiger partial charge in [-0.15, -0.1) is 0 Å². The first kappa shape index (κ1) is 18.7. The van der Waals surface area contributed by atoms with Gasteiger partial charge in [-0.1, -0.05) is 76.1 Å². The third kappa shape index (κ3) is 8.18. The van der Waals surface area contributed by atoms with Crippen molar-refractivity contribution in [3.8, 4) is 0 Å². The smallest absolute Gasteiger partial charge is 0.320 e. The van der Waals surface area contributed by atoms with Crippen molar-refractivity contribution >= 4 is 5.97 Å². The number of hydrogen-bond donors (Lipinski definition) is 2. The highest BCUT2D eigenvalue weighted by molar-refractivity contribution is 5.73. The Hall–Kier alpha value is -1.35. The summed E-state index contributed by atoms with van der Waals surface area (Å²) in [7, 11) is 0. The molecule has 0 heterocycles. The molecule has 0 saturated carbocycles. The lowest BCUT2D eigenvalue weighted by Crippen LogP contribution is -2.32. The molecule has 0 aliphatic heterocycles. The summed E-state index contributed by atoms with van der Waals surface area (Å²) in [6.45, 7) is 2.25. The first-order valence-electron chi connectivity index (χ1n) is 8.69. The van der Waals surface area contributed by atoms with Gasteiger partial charge in [0.05, 0.1) is 0 Å². The molecule has 0 aromatic heterocycles. The molecule has 22 heavy (non-hydrogen) atoms. The molecule has 1 rings (SSSR count). The van der Waals surface area contributed by atoms with Gasteiger partial charge < -0.3 is 10.8 Å². The maximum absolute atomic E-state index is 10.7. The SMILES string of the molecule is CCCCCCCCCCc1ccc(C[C@H](N)C(=O)O)cc1. The molecule has 3 heteroatoms. The fraction of sp³-hybridized carbons (Fsp3) is 0.632. The summed E-state index contributed by atoms with van der Waals surface area (Å²) in [5.41, 5.74) is 7.87. The van der Waals surface area contributed by atoms with E-state index in [4.69, 9.17) is 10.8 Å². The van der Waals surface area contributed by atoms with Gasteiger partial charge in [0.25, 0.3) is 0 Å². The van der Waals surface area contributed by atoms with Crippen LogP contribution in [0, 0.1) is 0 Å². The summed E-state index contributed by atoms with van der Waals surface area (Å²) in [4.78, 5) is 10.7. The number of carboxylic acids is 1. The maximum atomic E-state index is 10.7. The first-order valence-corrected chi connectivity index (χ1v) is 8.69. The number of hydrogen-bond acceptors (Lipinski definition) is 2. The molecule has 1 atom stereocenters. The predicted octanol–water partition coefficient (Wildman–Crippen LogP) is 4.32. The van der Waals surface area contributed by atoms with Gasteiger partial charge in [-0.25, -0.2) is 0 Å². The normalized spacial score (nSPS) is 12.3. The van der Waals surface area contributed by atoms with E-state index in [1.807, 2.05) is 12.1 Å². The van der Waals surface area contributed by atoms with Gasteiger partial charge in [0, 0.05) is 0 Å². The quantitative estimate of drug-likeness (QED) is 0.565. The largest absolute Gasteiger partial charge is 0.480 e. The molecule has 0 amide bonds. The van der Waals surface area contributed by atoms with Crippen LogP contribution in [0.5, 0.6) is 0 Å². The lowest BCUT2D eigenvalue weighted by molar-refractivity contribution is -0.138. The zero-order valence-electron chi connectivity index (χ0n) is 13.9. The van der Waals surface area contributed by atoms with Crippen LogP contribution in [0.4, 0.5) is 0 Å². The number of rotatable bonds is 12. The highest BCUT2D eigenvalue weighted by atomic mass is 16.4. The van der Waals surface area contributed by atoms with E-state index in [1.54, 1.807) is 0 Å². The van der Waals surface area contributed by atoms with E-state index >= 15 is 0 Å². The van der Waals surface area contributed by atoms with Gasteiger partial charge in [0.15, 0.2) is 0 Å². The maximum Gasteiger partial charge on any atom is 0.320 e. The van der Waals surface area contributed by atoms with Gasteiger partial charge in [-0.2, -0.15) is 0 Å². The molecule has 1 aromatic rings. The molecular formula is C19H31NO2. The number of carbonyl (C=O) groups is 1. The third-order valence-electron chi connectivity index (χ3n) is 4.11. The molecule has 0 bridgehead atoms. The number of nitrogens with two attached hydrogens (primary N) is 1.